The first kappa shape index (κ1) is 15.3. The molecule has 7 heteroatoms. The molecular formula is C14H15ClN2O4. The van der Waals surface area contributed by atoms with E-state index < -0.39 is 12.0 Å². The predicted octanol–water partition coefficient (Wildman–Crippen LogP) is 2.59. The minimum Gasteiger partial charge on any atom is -0.496 e. The van der Waals surface area contributed by atoms with Crippen LogP contribution in [0.4, 0.5) is 0 Å². The number of methoxy groups -OCH3 is 1. The Morgan fingerprint density at radius 3 is 2.86 bits per heavy atom. The summed E-state index contributed by atoms with van der Waals surface area (Å²) in [6, 6.07) is 5.68. The second kappa shape index (κ2) is 6.60. The molecule has 0 fully saturated rings. The van der Waals surface area contributed by atoms with Gasteiger partial charge in [-0.2, -0.15) is 0 Å². The van der Waals surface area contributed by atoms with Crippen molar-refractivity contribution in [3.05, 3.63) is 46.8 Å². The van der Waals surface area contributed by atoms with E-state index in [1.807, 2.05) is 0 Å². The number of likely N-dealkylation sites (N-methyl/N-ethyl adjacent to an activating group) is 1. The van der Waals surface area contributed by atoms with Crippen LogP contribution >= 0.6 is 11.6 Å². The smallest absolute Gasteiger partial charge is 0.325 e. The summed E-state index contributed by atoms with van der Waals surface area (Å²) in [6.07, 6.45) is 1.44. The molecule has 6 nitrogen and oxygen atoms in total. The van der Waals surface area contributed by atoms with Gasteiger partial charge in [0.05, 0.1) is 12.8 Å². The molecule has 1 atom stereocenters. The first-order valence-corrected chi connectivity index (χ1v) is 6.56. The Kier molecular flexibility index (Phi) is 4.82. The molecule has 0 radical (unpaired) electrons. The second-order valence-electron chi connectivity index (χ2n) is 4.53. The lowest BCUT2D eigenvalue weighted by molar-refractivity contribution is -0.143. The molecule has 1 heterocycles. The van der Waals surface area contributed by atoms with Crippen LogP contribution in [0.25, 0.3) is 0 Å². The number of ether oxygens (including phenoxy) is 1. The maximum Gasteiger partial charge on any atom is 0.325 e. The molecule has 0 saturated carbocycles. The summed E-state index contributed by atoms with van der Waals surface area (Å²) in [5, 5.41) is 13.8. The lowest BCUT2D eigenvalue weighted by atomic mass is 10.0. The van der Waals surface area contributed by atoms with Crippen molar-refractivity contribution >= 4 is 17.6 Å². The van der Waals surface area contributed by atoms with Crippen LogP contribution < -0.4 is 4.74 Å². The Balaban J connectivity index is 2.34. The molecule has 2 aromatic rings. The van der Waals surface area contributed by atoms with Gasteiger partial charge in [0.25, 0.3) is 0 Å². The number of nitrogens with zero attached hydrogens (tertiary/aromatic N) is 2. The molecule has 21 heavy (non-hydrogen) atoms. The molecule has 1 N–H and O–H groups in total. The third-order valence-electron chi connectivity index (χ3n) is 3.06. The van der Waals surface area contributed by atoms with E-state index in [1.165, 1.54) is 13.4 Å². The summed E-state index contributed by atoms with van der Waals surface area (Å²) in [6.45, 7) is 0.323. The zero-order chi connectivity index (χ0) is 15.4. The molecule has 0 amide bonds. The van der Waals surface area contributed by atoms with Gasteiger partial charge in [-0.3, -0.25) is 9.69 Å². The van der Waals surface area contributed by atoms with Gasteiger partial charge < -0.3 is 14.4 Å². The molecule has 0 aliphatic heterocycles. The summed E-state index contributed by atoms with van der Waals surface area (Å²) in [5.41, 5.74) is 1.13. The fourth-order valence-electron chi connectivity index (χ4n) is 2.14. The highest BCUT2D eigenvalue weighted by atomic mass is 35.5. The number of carbonyl (C=O) groups is 1. The van der Waals surface area contributed by atoms with Gasteiger partial charge in [-0.25, -0.2) is 0 Å². The second-order valence-corrected chi connectivity index (χ2v) is 4.97. The first-order chi connectivity index (χ1) is 10.0. The Morgan fingerprint density at radius 2 is 2.29 bits per heavy atom. The van der Waals surface area contributed by atoms with E-state index in [9.17, 15) is 9.90 Å². The number of aromatic nitrogens is 1. The molecular weight excluding hydrogens is 296 g/mol. The number of carboxylic acid groups (broad SMARTS) is 1. The zero-order valence-electron chi connectivity index (χ0n) is 11.6. The monoisotopic (exact) mass is 310 g/mol. The third kappa shape index (κ3) is 3.53. The summed E-state index contributed by atoms with van der Waals surface area (Å²) in [4.78, 5) is 13.3. The molecule has 0 bridgehead atoms. The van der Waals surface area contributed by atoms with E-state index in [0.29, 0.717) is 28.6 Å². The molecule has 112 valence electrons. The van der Waals surface area contributed by atoms with E-state index >= 15 is 0 Å². The van der Waals surface area contributed by atoms with Crippen molar-refractivity contribution in [1.29, 1.82) is 0 Å². The standard InChI is InChI=1S/C14H15ClN2O4/c1-17(8-10-5-6-21-16-10)13(14(18)19)11-7-9(15)3-4-12(11)20-2/h3-7,13H,8H2,1-2H3,(H,18,19). The van der Waals surface area contributed by atoms with Gasteiger partial charge in [0.15, 0.2) is 0 Å². The number of hydrogen-bond donors (Lipinski definition) is 1. The largest absolute Gasteiger partial charge is 0.496 e. The summed E-state index contributed by atoms with van der Waals surface area (Å²) in [7, 11) is 3.18. The number of carboxylic acids is 1. The Hall–Kier alpha value is -2.05. The highest BCUT2D eigenvalue weighted by molar-refractivity contribution is 6.30. The van der Waals surface area contributed by atoms with Crippen molar-refractivity contribution < 1.29 is 19.2 Å². The number of benzene rings is 1. The van der Waals surface area contributed by atoms with Crippen LogP contribution in [0.2, 0.25) is 5.02 Å². The summed E-state index contributed by atoms with van der Waals surface area (Å²) in [5.74, 6) is -0.527. The van der Waals surface area contributed by atoms with Gasteiger partial charge in [0, 0.05) is 23.2 Å². The maximum atomic E-state index is 11.7. The van der Waals surface area contributed by atoms with Gasteiger partial charge >= 0.3 is 5.97 Å². The van der Waals surface area contributed by atoms with Crippen molar-refractivity contribution in [2.24, 2.45) is 0 Å². The predicted molar refractivity (Wildman–Crippen MR) is 76.4 cm³/mol. The van der Waals surface area contributed by atoms with Gasteiger partial charge in [-0.15, -0.1) is 0 Å². The van der Waals surface area contributed by atoms with Gasteiger partial charge in [0.2, 0.25) is 0 Å². The van der Waals surface area contributed by atoms with Gasteiger partial charge in [0.1, 0.15) is 18.1 Å². The number of aliphatic carboxylic acids is 1. The molecule has 1 unspecified atom stereocenters. The molecule has 2 rings (SSSR count). The topological polar surface area (TPSA) is 75.8 Å². The molecule has 0 aliphatic rings. The minimum absolute atomic E-state index is 0.323. The molecule has 1 aromatic heterocycles. The van der Waals surface area contributed by atoms with Gasteiger partial charge in [-0.05, 0) is 25.2 Å². The normalized spacial score (nSPS) is 12.4. The highest BCUT2D eigenvalue weighted by Crippen LogP contribution is 2.32. The first-order valence-electron chi connectivity index (χ1n) is 6.18. The van der Waals surface area contributed by atoms with Crippen LogP contribution in [-0.4, -0.2) is 35.3 Å². The van der Waals surface area contributed by atoms with E-state index in [1.54, 1.807) is 36.2 Å². The van der Waals surface area contributed by atoms with E-state index in [2.05, 4.69) is 5.16 Å². The van der Waals surface area contributed by atoms with Crippen molar-refractivity contribution in [1.82, 2.24) is 10.1 Å². The fraction of sp³-hybridized carbons (Fsp3) is 0.286. The zero-order valence-corrected chi connectivity index (χ0v) is 12.4. The van der Waals surface area contributed by atoms with Crippen molar-refractivity contribution in [2.45, 2.75) is 12.6 Å². The fourth-order valence-corrected chi connectivity index (χ4v) is 2.32. The lowest BCUT2D eigenvalue weighted by Gasteiger charge is -2.25. The van der Waals surface area contributed by atoms with Crippen LogP contribution in [0.15, 0.2) is 35.1 Å². The third-order valence-corrected chi connectivity index (χ3v) is 3.30. The van der Waals surface area contributed by atoms with E-state index in [-0.39, 0.29) is 0 Å². The highest BCUT2D eigenvalue weighted by Gasteiger charge is 2.28. The molecule has 1 aromatic carbocycles. The van der Waals surface area contributed by atoms with E-state index in [0.717, 1.165) is 0 Å². The SMILES string of the molecule is COc1ccc(Cl)cc1C(C(=O)O)N(C)Cc1ccon1. The number of halogens is 1. The van der Waals surface area contributed by atoms with Crippen LogP contribution in [-0.2, 0) is 11.3 Å². The number of hydrogen-bond acceptors (Lipinski definition) is 5. The Labute approximate surface area is 126 Å². The summed E-state index contributed by atoms with van der Waals surface area (Å²) < 4.78 is 9.99. The molecule has 0 aliphatic carbocycles. The lowest BCUT2D eigenvalue weighted by Crippen LogP contribution is -2.31. The molecule has 0 spiro atoms. The molecule has 0 saturated heterocycles. The van der Waals surface area contributed by atoms with Gasteiger partial charge in [-0.1, -0.05) is 16.8 Å². The average molecular weight is 311 g/mol. The van der Waals surface area contributed by atoms with Crippen LogP contribution in [0.1, 0.15) is 17.3 Å². The van der Waals surface area contributed by atoms with Crippen molar-refractivity contribution in [3.63, 3.8) is 0 Å². The van der Waals surface area contributed by atoms with Crippen LogP contribution in [0.3, 0.4) is 0 Å². The van der Waals surface area contributed by atoms with Crippen molar-refractivity contribution in [3.8, 4) is 5.75 Å². The Bertz CT molecular complexity index is 615. The van der Waals surface area contributed by atoms with Crippen molar-refractivity contribution in [2.75, 3.05) is 14.2 Å². The number of rotatable bonds is 6. The van der Waals surface area contributed by atoms with Crippen LogP contribution in [0, 0.1) is 0 Å². The average Bonchev–Trinajstić information content (AvgIpc) is 2.91. The van der Waals surface area contributed by atoms with E-state index in [4.69, 9.17) is 20.9 Å². The maximum absolute atomic E-state index is 11.7. The quantitative estimate of drug-likeness (QED) is 0.884. The van der Waals surface area contributed by atoms with Crippen LogP contribution in [0.5, 0.6) is 5.75 Å². The minimum atomic E-state index is -0.999. The summed E-state index contributed by atoms with van der Waals surface area (Å²) >= 11 is 5.98. The Morgan fingerprint density at radius 1 is 1.52 bits per heavy atom.